The van der Waals surface area contributed by atoms with Gasteiger partial charge in [0.2, 0.25) is 0 Å². The molecule has 1 aliphatic rings. The molecule has 0 spiro atoms. The van der Waals surface area contributed by atoms with Crippen LogP contribution in [0.3, 0.4) is 0 Å². The van der Waals surface area contributed by atoms with E-state index in [0.717, 1.165) is 17.0 Å². The lowest BCUT2D eigenvalue weighted by Gasteiger charge is -2.11. The highest BCUT2D eigenvalue weighted by atomic mass is 15.0. The third-order valence-corrected chi connectivity index (χ3v) is 3.70. The fourth-order valence-electron chi connectivity index (χ4n) is 2.72. The van der Waals surface area contributed by atoms with Crippen LogP contribution in [0.5, 0.6) is 0 Å². The van der Waals surface area contributed by atoms with Gasteiger partial charge in [-0.2, -0.15) is 0 Å². The first kappa shape index (κ1) is 11.8. The van der Waals surface area contributed by atoms with E-state index in [2.05, 4.69) is 59.8 Å². The summed E-state index contributed by atoms with van der Waals surface area (Å²) in [5.41, 5.74) is 4.59. The van der Waals surface area contributed by atoms with Gasteiger partial charge < -0.3 is 0 Å². The molecule has 3 nitrogen and oxygen atoms in total. The van der Waals surface area contributed by atoms with Gasteiger partial charge >= 0.3 is 0 Å². The van der Waals surface area contributed by atoms with Crippen molar-refractivity contribution in [1.29, 1.82) is 0 Å². The molecule has 94 valence electrons. The second kappa shape index (κ2) is 4.12. The number of hydrogen-bond acceptors (Lipinski definition) is 2. The molecule has 0 saturated heterocycles. The summed E-state index contributed by atoms with van der Waals surface area (Å²) in [6.07, 6.45) is 0. The molecule has 0 fully saturated rings. The molecule has 0 atom stereocenters. The number of nitrogens with zero attached hydrogens (tertiary/aromatic N) is 3. The van der Waals surface area contributed by atoms with Crippen LogP contribution in [0.2, 0.25) is 0 Å². The Hall–Kier alpha value is -2.29. The maximum absolute atomic E-state index is 4.44. The summed E-state index contributed by atoms with van der Waals surface area (Å²) >= 11 is 0. The first-order valence-corrected chi connectivity index (χ1v) is 6.23. The van der Waals surface area contributed by atoms with E-state index in [-0.39, 0.29) is 0 Å². The molecule has 0 N–H and O–H groups in total. The van der Waals surface area contributed by atoms with Crippen molar-refractivity contribution in [2.24, 2.45) is 15.0 Å². The molecular weight excluding hydrogens is 234 g/mol. The largest absolute Gasteiger partial charge is 0.270 e. The van der Waals surface area contributed by atoms with Gasteiger partial charge in [-0.1, -0.05) is 18.2 Å². The lowest BCUT2D eigenvalue weighted by atomic mass is 9.93. The van der Waals surface area contributed by atoms with Crippen LogP contribution in [0.25, 0.3) is 10.8 Å². The maximum Gasteiger partial charge on any atom is 0.161 e. The Morgan fingerprint density at radius 3 is 2.63 bits per heavy atom. The molecule has 0 aliphatic carbocycles. The predicted molar refractivity (Wildman–Crippen MR) is 82.0 cm³/mol. The van der Waals surface area contributed by atoms with Crippen molar-refractivity contribution in [3.05, 3.63) is 46.5 Å². The minimum atomic E-state index is 0.670. The summed E-state index contributed by atoms with van der Waals surface area (Å²) in [4.78, 5) is 12.7. The van der Waals surface area contributed by atoms with E-state index in [1.165, 1.54) is 21.9 Å². The molecule has 0 radical (unpaired) electrons. The Kier molecular flexibility index (Phi) is 2.56. The van der Waals surface area contributed by atoms with Crippen molar-refractivity contribution in [3.8, 4) is 0 Å². The van der Waals surface area contributed by atoms with Crippen LogP contribution in [0.15, 0.2) is 39.2 Å². The summed E-state index contributed by atoms with van der Waals surface area (Å²) in [5, 5.41) is 2.49. The molecule has 1 heterocycles. The Balaban J connectivity index is 2.48. The Labute approximate surface area is 112 Å². The number of aryl methyl sites for hydroxylation is 2. The van der Waals surface area contributed by atoms with Gasteiger partial charge in [-0.15, -0.1) is 0 Å². The molecule has 3 heteroatoms. The van der Waals surface area contributed by atoms with Crippen LogP contribution in [0.4, 0.5) is 0 Å². The smallest absolute Gasteiger partial charge is 0.161 e. The zero-order valence-corrected chi connectivity index (χ0v) is 11.4. The van der Waals surface area contributed by atoms with Crippen molar-refractivity contribution >= 4 is 29.2 Å². The van der Waals surface area contributed by atoms with Gasteiger partial charge in [-0.3, -0.25) is 4.99 Å². The molecule has 0 saturated carbocycles. The van der Waals surface area contributed by atoms with Gasteiger partial charge in [-0.05, 0) is 48.5 Å². The first-order chi connectivity index (χ1) is 9.17. The van der Waals surface area contributed by atoms with Gasteiger partial charge in [0, 0.05) is 18.2 Å². The average molecular weight is 249 g/mol. The van der Waals surface area contributed by atoms with Gasteiger partial charge in [0.1, 0.15) is 0 Å². The third kappa shape index (κ3) is 1.55. The van der Waals surface area contributed by atoms with Gasteiger partial charge in [0.15, 0.2) is 11.7 Å². The van der Waals surface area contributed by atoms with E-state index in [9.17, 15) is 0 Å². The molecule has 0 amide bonds. The summed E-state index contributed by atoms with van der Waals surface area (Å²) in [6.45, 7) is 7.85. The van der Waals surface area contributed by atoms with Crippen molar-refractivity contribution < 1.29 is 0 Å². The van der Waals surface area contributed by atoms with Crippen LogP contribution >= 0.6 is 0 Å². The molecule has 1 aliphatic heterocycles. The van der Waals surface area contributed by atoms with E-state index in [4.69, 9.17) is 0 Å². The Bertz CT molecular complexity index is 767. The number of rotatable bonds is 0. The quantitative estimate of drug-likeness (QED) is 0.642. The van der Waals surface area contributed by atoms with Crippen LogP contribution < -0.4 is 0 Å². The SMILES string of the molecule is C=NC1=NC(=NC)c2c1cc1c(C)cccc1c2C. The van der Waals surface area contributed by atoms with Crippen LogP contribution in [0, 0.1) is 13.8 Å². The fraction of sp³-hybridized carbons (Fsp3) is 0.188. The van der Waals surface area contributed by atoms with Crippen molar-refractivity contribution in [1.82, 2.24) is 0 Å². The lowest BCUT2D eigenvalue weighted by molar-refractivity contribution is 1.38. The minimum absolute atomic E-state index is 0.670. The Morgan fingerprint density at radius 1 is 1.16 bits per heavy atom. The topological polar surface area (TPSA) is 37.1 Å². The molecule has 19 heavy (non-hydrogen) atoms. The monoisotopic (exact) mass is 249 g/mol. The van der Waals surface area contributed by atoms with Crippen molar-refractivity contribution in [2.75, 3.05) is 7.05 Å². The minimum Gasteiger partial charge on any atom is -0.270 e. The molecular formula is C16H15N3. The fourth-order valence-corrected chi connectivity index (χ4v) is 2.72. The van der Waals surface area contributed by atoms with Crippen molar-refractivity contribution in [3.63, 3.8) is 0 Å². The second-order valence-electron chi connectivity index (χ2n) is 4.73. The average Bonchev–Trinajstić information content (AvgIpc) is 2.78. The lowest BCUT2D eigenvalue weighted by Crippen LogP contribution is -2.01. The zero-order chi connectivity index (χ0) is 13.6. The van der Waals surface area contributed by atoms with E-state index in [1.807, 2.05) is 0 Å². The number of aliphatic imine (C=N–C) groups is 3. The summed E-state index contributed by atoms with van der Waals surface area (Å²) in [5.74, 6) is 1.42. The summed E-state index contributed by atoms with van der Waals surface area (Å²) in [6, 6.07) is 8.50. The highest BCUT2D eigenvalue weighted by Gasteiger charge is 2.24. The highest BCUT2D eigenvalue weighted by Crippen LogP contribution is 2.32. The normalized spacial score (nSPS) is 15.7. The predicted octanol–water partition coefficient (Wildman–Crippen LogP) is 3.29. The molecule has 0 aromatic heterocycles. The van der Waals surface area contributed by atoms with Gasteiger partial charge in [0.25, 0.3) is 0 Å². The van der Waals surface area contributed by atoms with E-state index >= 15 is 0 Å². The van der Waals surface area contributed by atoms with Gasteiger partial charge in [-0.25, -0.2) is 9.98 Å². The zero-order valence-electron chi connectivity index (χ0n) is 11.4. The molecule has 0 bridgehead atoms. The van der Waals surface area contributed by atoms with E-state index < -0.39 is 0 Å². The van der Waals surface area contributed by atoms with Crippen LogP contribution in [0.1, 0.15) is 22.3 Å². The Morgan fingerprint density at radius 2 is 1.95 bits per heavy atom. The van der Waals surface area contributed by atoms with E-state index in [1.54, 1.807) is 7.05 Å². The molecule has 2 aromatic rings. The summed E-state index contributed by atoms with van der Waals surface area (Å²) < 4.78 is 0. The molecule has 0 unspecified atom stereocenters. The number of amidine groups is 2. The highest BCUT2D eigenvalue weighted by molar-refractivity contribution is 6.25. The second-order valence-corrected chi connectivity index (χ2v) is 4.73. The number of fused-ring (bicyclic) bond motifs is 2. The number of benzene rings is 2. The van der Waals surface area contributed by atoms with Gasteiger partial charge in [0.05, 0.1) is 0 Å². The van der Waals surface area contributed by atoms with Crippen LogP contribution in [-0.4, -0.2) is 25.4 Å². The standard InChI is InChI=1S/C16H15N3/c1-9-6-5-7-11-10(2)14-13(8-12(9)11)15(17-3)19-16(14)18-4/h5-8H,3H2,1-2,4H3. The molecule has 3 rings (SSSR count). The molecule has 2 aromatic carbocycles. The third-order valence-electron chi connectivity index (χ3n) is 3.70. The van der Waals surface area contributed by atoms with Crippen molar-refractivity contribution in [2.45, 2.75) is 13.8 Å². The number of hydrogen-bond donors (Lipinski definition) is 0. The first-order valence-electron chi connectivity index (χ1n) is 6.23. The summed E-state index contributed by atoms with van der Waals surface area (Å²) in [7, 11) is 1.76. The van der Waals surface area contributed by atoms with Crippen LogP contribution in [-0.2, 0) is 0 Å². The maximum atomic E-state index is 4.44. The van der Waals surface area contributed by atoms with E-state index in [0.29, 0.717) is 5.84 Å².